The SMILES string of the molecule is Cc1ccoc1C(NN)c1cccc(F)c1. The third kappa shape index (κ3) is 1.98. The van der Waals surface area contributed by atoms with Gasteiger partial charge in [-0.25, -0.2) is 9.82 Å². The number of hydrazine groups is 1. The maximum Gasteiger partial charge on any atom is 0.129 e. The van der Waals surface area contributed by atoms with E-state index < -0.39 is 0 Å². The molecule has 0 aliphatic carbocycles. The second-order valence-corrected chi connectivity index (χ2v) is 3.62. The van der Waals surface area contributed by atoms with Crippen LogP contribution in [0.4, 0.5) is 4.39 Å². The lowest BCUT2D eigenvalue weighted by Crippen LogP contribution is -2.29. The van der Waals surface area contributed by atoms with Crippen LogP contribution in [0.25, 0.3) is 0 Å². The van der Waals surface area contributed by atoms with Crippen LogP contribution in [0, 0.1) is 12.7 Å². The molecular formula is C12H13FN2O. The van der Waals surface area contributed by atoms with E-state index in [1.54, 1.807) is 18.4 Å². The number of halogens is 1. The molecule has 1 aromatic carbocycles. The topological polar surface area (TPSA) is 51.2 Å². The average Bonchev–Trinajstić information content (AvgIpc) is 2.67. The number of hydrogen-bond donors (Lipinski definition) is 2. The summed E-state index contributed by atoms with van der Waals surface area (Å²) in [6.45, 7) is 1.92. The molecule has 0 bridgehead atoms. The van der Waals surface area contributed by atoms with Gasteiger partial charge in [0.05, 0.1) is 6.26 Å². The van der Waals surface area contributed by atoms with Crippen molar-refractivity contribution in [3.63, 3.8) is 0 Å². The lowest BCUT2D eigenvalue weighted by atomic mass is 10.0. The molecule has 1 atom stereocenters. The first-order valence-corrected chi connectivity index (χ1v) is 4.98. The summed E-state index contributed by atoms with van der Waals surface area (Å²) in [5.74, 6) is 5.89. The van der Waals surface area contributed by atoms with Crippen LogP contribution < -0.4 is 11.3 Å². The Bertz CT molecular complexity index is 481. The van der Waals surface area contributed by atoms with Crippen molar-refractivity contribution in [2.24, 2.45) is 5.84 Å². The predicted molar refractivity (Wildman–Crippen MR) is 59.0 cm³/mol. The molecular weight excluding hydrogens is 207 g/mol. The molecule has 3 N–H and O–H groups in total. The fourth-order valence-corrected chi connectivity index (χ4v) is 1.69. The van der Waals surface area contributed by atoms with Gasteiger partial charge >= 0.3 is 0 Å². The first-order chi connectivity index (χ1) is 7.72. The van der Waals surface area contributed by atoms with Gasteiger partial charge in [-0.05, 0) is 36.2 Å². The van der Waals surface area contributed by atoms with E-state index in [0.29, 0.717) is 5.76 Å². The van der Waals surface area contributed by atoms with Crippen LogP contribution in [-0.4, -0.2) is 0 Å². The molecule has 0 amide bonds. The predicted octanol–water partition coefficient (Wildman–Crippen LogP) is 2.28. The quantitative estimate of drug-likeness (QED) is 0.616. The van der Waals surface area contributed by atoms with Gasteiger partial charge in [-0.1, -0.05) is 12.1 Å². The maximum absolute atomic E-state index is 13.1. The normalized spacial score (nSPS) is 12.7. The Morgan fingerprint density at radius 3 is 2.75 bits per heavy atom. The lowest BCUT2D eigenvalue weighted by molar-refractivity contribution is 0.448. The van der Waals surface area contributed by atoms with Crippen molar-refractivity contribution in [3.05, 3.63) is 59.3 Å². The van der Waals surface area contributed by atoms with Gasteiger partial charge in [-0.15, -0.1) is 0 Å². The van der Waals surface area contributed by atoms with Gasteiger partial charge in [0.1, 0.15) is 17.6 Å². The second-order valence-electron chi connectivity index (χ2n) is 3.62. The van der Waals surface area contributed by atoms with E-state index in [1.807, 2.05) is 13.0 Å². The lowest BCUT2D eigenvalue weighted by Gasteiger charge is -2.14. The Kier molecular flexibility index (Phi) is 3.03. The minimum atomic E-state index is -0.328. The molecule has 0 spiro atoms. The average molecular weight is 220 g/mol. The number of aryl methyl sites for hydroxylation is 1. The Hall–Kier alpha value is -1.65. The molecule has 0 aliphatic rings. The van der Waals surface area contributed by atoms with E-state index in [-0.39, 0.29) is 11.9 Å². The monoisotopic (exact) mass is 220 g/mol. The minimum absolute atomic E-state index is 0.290. The van der Waals surface area contributed by atoms with Crippen molar-refractivity contribution in [2.45, 2.75) is 13.0 Å². The van der Waals surface area contributed by atoms with E-state index in [4.69, 9.17) is 10.3 Å². The molecule has 0 saturated heterocycles. The standard InChI is InChI=1S/C12H13FN2O/c1-8-5-6-16-12(8)11(15-14)9-3-2-4-10(13)7-9/h2-7,11,15H,14H2,1H3. The molecule has 0 fully saturated rings. The molecule has 1 heterocycles. The van der Waals surface area contributed by atoms with Gasteiger partial charge in [0.15, 0.2) is 0 Å². The van der Waals surface area contributed by atoms with Gasteiger partial charge in [0.25, 0.3) is 0 Å². The molecule has 2 aromatic rings. The fourth-order valence-electron chi connectivity index (χ4n) is 1.69. The zero-order chi connectivity index (χ0) is 11.5. The van der Waals surface area contributed by atoms with E-state index in [2.05, 4.69) is 5.43 Å². The Labute approximate surface area is 93.0 Å². The molecule has 16 heavy (non-hydrogen) atoms. The summed E-state index contributed by atoms with van der Waals surface area (Å²) in [6, 6.07) is 7.80. The summed E-state index contributed by atoms with van der Waals surface area (Å²) in [6.07, 6.45) is 1.59. The number of nitrogens with two attached hydrogens (primary N) is 1. The zero-order valence-electron chi connectivity index (χ0n) is 8.91. The van der Waals surface area contributed by atoms with Crippen LogP contribution in [0.2, 0.25) is 0 Å². The van der Waals surface area contributed by atoms with Crippen molar-refractivity contribution in [1.82, 2.24) is 5.43 Å². The van der Waals surface area contributed by atoms with Crippen molar-refractivity contribution >= 4 is 0 Å². The summed E-state index contributed by atoms with van der Waals surface area (Å²) in [5, 5.41) is 0. The van der Waals surface area contributed by atoms with Crippen LogP contribution in [0.5, 0.6) is 0 Å². The molecule has 3 nitrogen and oxygen atoms in total. The van der Waals surface area contributed by atoms with Crippen LogP contribution in [0.3, 0.4) is 0 Å². The summed E-state index contributed by atoms with van der Waals surface area (Å²) in [4.78, 5) is 0. The smallest absolute Gasteiger partial charge is 0.129 e. The summed E-state index contributed by atoms with van der Waals surface area (Å²) in [7, 11) is 0. The highest BCUT2D eigenvalue weighted by Gasteiger charge is 2.17. The molecule has 84 valence electrons. The highest BCUT2D eigenvalue weighted by molar-refractivity contribution is 5.30. The van der Waals surface area contributed by atoms with E-state index >= 15 is 0 Å². The second kappa shape index (κ2) is 4.47. The first kappa shape index (κ1) is 10.9. The van der Waals surface area contributed by atoms with Crippen molar-refractivity contribution in [3.8, 4) is 0 Å². The van der Waals surface area contributed by atoms with E-state index in [0.717, 1.165) is 11.1 Å². The number of hydrogen-bond acceptors (Lipinski definition) is 3. The largest absolute Gasteiger partial charge is 0.467 e. The zero-order valence-corrected chi connectivity index (χ0v) is 8.91. The summed E-state index contributed by atoms with van der Waals surface area (Å²) in [5.41, 5.74) is 4.34. The third-order valence-electron chi connectivity index (χ3n) is 2.51. The number of benzene rings is 1. The van der Waals surface area contributed by atoms with Gasteiger partial charge in [-0.3, -0.25) is 5.84 Å². The van der Waals surface area contributed by atoms with Crippen molar-refractivity contribution in [1.29, 1.82) is 0 Å². The fraction of sp³-hybridized carbons (Fsp3) is 0.167. The minimum Gasteiger partial charge on any atom is -0.467 e. The molecule has 1 aromatic heterocycles. The third-order valence-corrected chi connectivity index (χ3v) is 2.51. The number of nitrogens with one attached hydrogen (secondary N) is 1. The molecule has 0 radical (unpaired) electrons. The van der Waals surface area contributed by atoms with Crippen molar-refractivity contribution in [2.75, 3.05) is 0 Å². The summed E-state index contributed by atoms with van der Waals surface area (Å²) >= 11 is 0. The molecule has 1 unspecified atom stereocenters. The Morgan fingerprint density at radius 1 is 1.38 bits per heavy atom. The van der Waals surface area contributed by atoms with Gasteiger partial charge in [-0.2, -0.15) is 0 Å². The van der Waals surface area contributed by atoms with Gasteiger partial charge in [0.2, 0.25) is 0 Å². The highest BCUT2D eigenvalue weighted by Crippen LogP contribution is 2.25. The summed E-state index contributed by atoms with van der Waals surface area (Å²) < 4.78 is 18.5. The molecule has 4 heteroatoms. The van der Waals surface area contributed by atoms with Crippen LogP contribution >= 0.6 is 0 Å². The van der Waals surface area contributed by atoms with E-state index in [1.165, 1.54) is 12.1 Å². The van der Waals surface area contributed by atoms with E-state index in [9.17, 15) is 4.39 Å². The molecule has 2 rings (SSSR count). The molecule has 0 saturated carbocycles. The number of rotatable bonds is 3. The van der Waals surface area contributed by atoms with Crippen LogP contribution in [-0.2, 0) is 0 Å². The maximum atomic E-state index is 13.1. The number of furan rings is 1. The van der Waals surface area contributed by atoms with Crippen LogP contribution in [0.1, 0.15) is 22.9 Å². The van der Waals surface area contributed by atoms with Crippen LogP contribution in [0.15, 0.2) is 41.0 Å². The highest BCUT2D eigenvalue weighted by atomic mass is 19.1. The first-order valence-electron chi connectivity index (χ1n) is 4.98. The van der Waals surface area contributed by atoms with Gasteiger partial charge in [0, 0.05) is 0 Å². The van der Waals surface area contributed by atoms with Gasteiger partial charge < -0.3 is 4.42 Å². The molecule has 0 aliphatic heterocycles. The Morgan fingerprint density at radius 2 is 2.19 bits per heavy atom. The van der Waals surface area contributed by atoms with Crippen molar-refractivity contribution < 1.29 is 8.81 Å². The Balaban J connectivity index is 2.40.